The number of nitrogens with zero attached hydrogens (tertiary/aromatic N) is 2. The first-order chi connectivity index (χ1) is 19.1. The third-order valence-corrected chi connectivity index (χ3v) is 8.26. The second-order valence-corrected chi connectivity index (χ2v) is 11.3. The van der Waals surface area contributed by atoms with Gasteiger partial charge in [-0.25, -0.2) is 0 Å². The minimum absolute atomic E-state index is 0.0146. The molecule has 0 bridgehead atoms. The SMILES string of the molecule is CCOC(=O)CCC(=O)N(C1CC1)[C@@H]1c2cc(Br)ccc2N(C(=O)c2ccc(OC(F)(F)F)cc2)[C@@H]2CCC[C@@H]21. The van der Waals surface area contributed by atoms with Crippen LogP contribution in [0.1, 0.15) is 73.8 Å². The molecule has 3 atom stereocenters. The van der Waals surface area contributed by atoms with Gasteiger partial charge in [0.25, 0.3) is 5.91 Å². The maximum Gasteiger partial charge on any atom is 0.573 e. The highest BCUT2D eigenvalue weighted by Crippen LogP contribution is 2.53. The highest BCUT2D eigenvalue weighted by Gasteiger charge is 2.51. The monoisotopic (exact) mass is 622 g/mol. The van der Waals surface area contributed by atoms with Gasteiger partial charge in [-0.05, 0) is 80.6 Å². The third-order valence-electron chi connectivity index (χ3n) is 7.77. The van der Waals surface area contributed by atoms with Crippen LogP contribution in [0.5, 0.6) is 5.75 Å². The Morgan fingerprint density at radius 1 is 1.02 bits per heavy atom. The zero-order valence-electron chi connectivity index (χ0n) is 22.0. The van der Waals surface area contributed by atoms with Crippen molar-refractivity contribution in [3.05, 3.63) is 58.1 Å². The van der Waals surface area contributed by atoms with E-state index in [0.29, 0.717) is 5.69 Å². The Hall–Kier alpha value is -3.08. The van der Waals surface area contributed by atoms with Crippen molar-refractivity contribution in [2.24, 2.45) is 5.92 Å². The summed E-state index contributed by atoms with van der Waals surface area (Å²) in [5.41, 5.74) is 1.78. The van der Waals surface area contributed by atoms with Crippen molar-refractivity contribution < 1.29 is 37.0 Å². The summed E-state index contributed by atoms with van der Waals surface area (Å²) in [6.07, 6.45) is -0.543. The number of halogens is 4. The van der Waals surface area contributed by atoms with E-state index in [2.05, 4.69) is 20.7 Å². The van der Waals surface area contributed by atoms with Crippen molar-refractivity contribution in [2.45, 2.75) is 76.4 Å². The van der Waals surface area contributed by atoms with E-state index in [4.69, 9.17) is 4.74 Å². The molecule has 5 rings (SSSR count). The second-order valence-electron chi connectivity index (χ2n) is 10.4. The molecular weight excluding hydrogens is 593 g/mol. The molecule has 0 saturated heterocycles. The first kappa shape index (κ1) is 28.4. The normalized spacial score (nSPS) is 21.8. The zero-order chi connectivity index (χ0) is 28.6. The molecule has 7 nitrogen and oxygen atoms in total. The van der Waals surface area contributed by atoms with Crippen LogP contribution in [0.2, 0.25) is 0 Å². The van der Waals surface area contributed by atoms with Crippen LogP contribution in [0.15, 0.2) is 46.9 Å². The van der Waals surface area contributed by atoms with Gasteiger partial charge in [0, 0.05) is 40.1 Å². The molecule has 2 amide bonds. The highest BCUT2D eigenvalue weighted by molar-refractivity contribution is 9.10. The summed E-state index contributed by atoms with van der Waals surface area (Å²) in [6, 6.07) is 10.2. The molecule has 0 radical (unpaired) electrons. The summed E-state index contributed by atoms with van der Waals surface area (Å²) in [5.74, 6) is -1.24. The Morgan fingerprint density at radius 2 is 1.75 bits per heavy atom. The molecule has 0 spiro atoms. The number of ether oxygens (including phenoxy) is 2. The predicted molar refractivity (Wildman–Crippen MR) is 144 cm³/mol. The van der Waals surface area contributed by atoms with Crippen LogP contribution in [0.3, 0.4) is 0 Å². The van der Waals surface area contributed by atoms with E-state index in [9.17, 15) is 27.6 Å². The van der Waals surface area contributed by atoms with E-state index in [1.54, 1.807) is 11.8 Å². The molecule has 1 aliphatic heterocycles. The van der Waals surface area contributed by atoms with E-state index >= 15 is 0 Å². The summed E-state index contributed by atoms with van der Waals surface area (Å²) >= 11 is 3.56. The van der Waals surface area contributed by atoms with Gasteiger partial charge in [-0.15, -0.1) is 13.2 Å². The molecule has 0 N–H and O–H groups in total. The Bertz CT molecular complexity index is 1280. The summed E-state index contributed by atoms with van der Waals surface area (Å²) in [4.78, 5) is 43.2. The zero-order valence-corrected chi connectivity index (χ0v) is 23.5. The molecule has 0 unspecified atom stereocenters. The number of fused-ring (bicyclic) bond motifs is 2. The van der Waals surface area contributed by atoms with Gasteiger partial charge >= 0.3 is 12.3 Å². The number of carbonyl (C=O) groups excluding carboxylic acids is 3. The molecule has 2 saturated carbocycles. The van der Waals surface area contributed by atoms with Gasteiger partial charge in [0.2, 0.25) is 5.91 Å². The fourth-order valence-corrected chi connectivity index (χ4v) is 6.49. The number of amides is 2. The summed E-state index contributed by atoms with van der Waals surface area (Å²) in [5, 5.41) is 0. The molecule has 214 valence electrons. The lowest BCUT2D eigenvalue weighted by molar-refractivity contribution is -0.274. The number of hydrogen-bond acceptors (Lipinski definition) is 5. The lowest BCUT2D eigenvalue weighted by Crippen LogP contribution is -2.53. The number of hydrogen-bond donors (Lipinski definition) is 0. The van der Waals surface area contributed by atoms with E-state index < -0.39 is 18.1 Å². The minimum atomic E-state index is -4.82. The highest BCUT2D eigenvalue weighted by atomic mass is 79.9. The maximum atomic E-state index is 13.9. The molecule has 40 heavy (non-hydrogen) atoms. The summed E-state index contributed by atoms with van der Waals surface area (Å²) < 4.78 is 47.7. The Morgan fingerprint density at radius 3 is 2.40 bits per heavy atom. The fourth-order valence-electron chi connectivity index (χ4n) is 6.11. The van der Waals surface area contributed by atoms with Gasteiger partial charge in [-0.1, -0.05) is 22.4 Å². The average Bonchev–Trinajstić information content (AvgIpc) is 3.62. The molecule has 11 heteroatoms. The quantitative estimate of drug-likeness (QED) is 0.312. The number of esters is 1. The van der Waals surface area contributed by atoms with Crippen LogP contribution in [-0.4, -0.2) is 47.7 Å². The van der Waals surface area contributed by atoms with E-state index in [0.717, 1.165) is 54.3 Å². The third kappa shape index (κ3) is 5.99. The fraction of sp³-hybridized carbons (Fsp3) is 0.483. The topological polar surface area (TPSA) is 76.2 Å². The van der Waals surface area contributed by atoms with Gasteiger partial charge in [0.1, 0.15) is 5.75 Å². The first-order valence-corrected chi connectivity index (χ1v) is 14.3. The Balaban J connectivity index is 1.49. The van der Waals surface area contributed by atoms with Crippen molar-refractivity contribution >= 4 is 39.4 Å². The van der Waals surface area contributed by atoms with E-state index in [-0.39, 0.29) is 60.9 Å². The van der Waals surface area contributed by atoms with Gasteiger partial charge in [-0.2, -0.15) is 0 Å². The predicted octanol–water partition coefficient (Wildman–Crippen LogP) is 6.55. The standard InChI is InChI=1S/C29H30BrF3N2O5/c1-2-39-26(37)15-14-25(36)34(19-9-10-19)27-21-4-3-5-23(21)35(24-13-8-18(30)16-22(24)27)28(38)17-6-11-20(12-7-17)40-29(31,32)33/h6-8,11-13,16,19,21,23,27H,2-5,9-10,14-15H2,1H3/t21-,23+,27-/m0/s1. The smallest absolute Gasteiger partial charge is 0.466 e. The molecule has 2 aromatic rings. The molecule has 2 aliphatic carbocycles. The Kier molecular flexibility index (Phi) is 8.13. The Labute approximate surface area is 238 Å². The average molecular weight is 623 g/mol. The summed E-state index contributed by atoms with van der Waals surface area (Å²) in [6.45, 7) is 1.99. The minimum Gasteiger partial charge on any atom is -0.466 e. The molecule has 2 fully saturated rings. The molecular formula is C29H30BrF3N2O5. The largest absolute Gasteiger partial charge is 0.573 e. The van der Waals surface area contributed by atoms with Gasteiger partial charge in [-0.3, -0.25) is 14.4 Å². The van der Waals surface area contributed by atoms with Crippen molar-refractivity contribution in [1.29, 1.82) is 0 Å². The number of rotatable bonds is 8. The molecule has 0 aromatic heterocycles. The number of alkyl halides is 3. The lowest BCUT2D eigenvalue weighted by Gasteiger charge is -2.48. The summed E-state index contributed by atoms with van der Waals surface area (Å²) in [7, 11) is 0. The number of carbonyl (C=O) groups is 3. The van der Waals surface area contributed by atoms with Gasteiger partial charge < -0.3 is 19.3 Å². The van der Waals surface area contributed by atoms with Crippen LogP contribution in [-0.2, 0) is 14.3 Å². The van der Waals surface area contributed by atoms with E-state index in [1.807, 2.05) is 23.1 Å². The molecule has 3 aliphatic rings. The van der Waals surface area contributed by atoms with Gasteiger partial charge in [0.05, 0.1) is 19.1 Å². The van der Waals surface area contributed by atoms with Crippen LogP contribution in [0.25, 0.3) is 0 Å². The lowest BCUT2D eigenvalue weighted by atomic mass is 9.81. The van der Waals surface area contributed by atoms with Crippen molar-refractivity contribution in [2.75, 3.05) is 11.5 Å². The molecule has 1 heterocycles. The molecule has 2 aromatic carbocycles. The van der Waals surface area contributed by atoms with E-state index in [1.165, 1.54) is 12.1 Å². The maximum absolute atomic E-state index is 13.9. The number of benzene rings is 2. The van der Waals surface area contributed by atoms with Crippen LogP contribution in [0, 0.1) is 5.92 Å². The van der Waals surface area contributed by atoms with Gasteiger partial charge in [0.15, 0.2) is 0 Å². The first-order valence-electron chi connectivity index (χ1n) is 13.5. The van der Waals surface area contributed by atoms with Crippen molar-refractivity contribution in [3.63, 3.8) is 0 Å². The van der Waals surface area contributed by atoms with Crippen LogP contribution in [0.4, 0.5) is 18.9 Å². The van der Waals surface area contributed by atoms with Crippen molar-refractivity contribution in [3.8, 4) is 5.75 Å². The second kappa shape index (κ2) is 11.4. The van der Waals surface area contributed by atoms with Crippen molar-refractivity contribution in [1.82, 2.24) is 4.90 Å². The van der Waals surface area contributed by atoms with Crippen LogP contribution >= 0.6 is 15.9 Å². The number of anilines is 1. The van der Waals surface area contributed by atoms with Crippen LogP contribution < -0.4 is 9.64 Å².